The summed E-state index contributed by atoms with van der Waals surface area (Å²) in [5.41, 5.74) is 2.62. The van der Waals surface area contributed by atoms with Gasteiger partial charge in [0.15, 0.2) is 0 Å². The van der Waals surface area contributed by atoms with Crippen LogP contribution in [0.5, 0.6) is 0 Å². The van der Waals surface area contributed by atoms with Crippen LogP contribution in [0.25, 0.3) is 0 Å². The number of amides is 1. The van der Waals surface area contributed by atoms with Crippen molar-refractivity contribution in [2.24, 2.45) is 0 Å². The highest BCUT2D eigenvalue weighted by Gasteiger charge is 2.40. The van der Waals surface area contributed by atoms with Crippen molar-refractivity contribution < 1.29 is 9.90 Å². The fourth-order valence-electron chi connectivity index (χ4n) is 4.44. The van der Waals surface area contributed by atoms with E-state index in [0.717, 1.165) is 19.6 Å². The molecule has 2 aromatic rings. The summed E-state index contributed by atoms with van der Waals surface area (Å²) in [6.07, 6.45) is -0.811. The van der Waals surface area contributed by atoms with E-state index < -0.39 is 6.09 Å². The summed E-state index contributed by atoms with van der Waals surface area (Å²) in [7, 11) is 0. The zero-order valence-corrected chi connectivity index (χ0v) is 14.8. The van der Waals surface area contributed by atoms with E-state index in [1.54, 1.807) is 4.90 Å². The fourth-order valence-corrected chi connectivity index (χ4v) is 4.44. The van der Waals surface area contributed by atoms with Crippen LogP contribution in [-0.4, -0.2) is 65.8 Å². The Labute approximate surface area is 154 Å². The van der Waals surface area contributed by atoms with E-state index in [0.29, 0.717) is 19.1 Å². The van der Waals surface area contributed by atoms with Gasteiger partial charge in [0.05, 0.1) is 0 Å². The molecule has 2 heterocycles. The van der Waals surface area contributed by atoms with Gasteiger partial charge < -0.3 is 15.3 Å². The minimum atomic E-state index is -0.811. The summed E-state index contributed by atoms with van der Waals surface area (Å²) in [6.45, 7) is 3.71. The molecule has 2 aliphatic heterocycles. The zero-order valence-electron chi connectivity index (χ0n) is 14.8. The number of carbonyl (C=O) groups is 1. The quantitative estimate of drug-likeness (QED) is 0.892. The topological polar surface area (TPSA) is 55.8 Å². The third-order valence-corrected chi connectivity index (χ3v) is 5.66. The van der Waals surface area contributed by atoms with Crippen molar-refractivity contribution in [3.05, 3.63) is 71.8 Å². The van der Waals surface area contributed by atoms with E-state index in [2.05, 4.69) is 70.9 Å². The van der Waals surface area contributed by atoms with Gasteiger partial charge in [-0.25, -0.2) is 4.79 Å². The second-order valence-electron chi connectivity index (χ2n) is 7.14. The van der Waals surface area contributed by atoms with Crippen molar-refractivity contribution in [2.75, 3.05) is 32.7 Å². The Bertz CT molecular complexity index is 698. The van der Waals surface area contributed by atoms with Crippen molar-refractivity contribution in [3.8, 4) is 0 Å². The molecule has 0 radical (unpaired) electrons. The maximum absolute atomic E-state index is 11.4. The average molecular weight is 351 g/mol. The van der Waals surface area contributed by atoms with E-state index in [9.17, 15) is 9.90 Å². The summed E-state index contributed by atoms with van der Waals surface area (Å²) >= 11 is 0. The molecule has 0 saturated carbocycles. The fraction of sp³-hybridized carbons (Fsp3) is 0.381. The van der Waals surface area contributed by atoms with Crippen molar-refractivity contribution in [2.45, 2.75) is 18.0 Å². The minimum absolute atomic E-state index is 0.230. The molecule has 2 fully saturated rings. The molecule has 0 bridgehead atoms. The molecule has 4 rings (SSSR count). The van der Waals surface area contributed by atoms with Gasteiger partial charge in [-0.05, 0) is 11.1 Å². The van der Waals surface area contributed by atoms with Gasteiger partial charge >= 0.3 is 6.09 Å². The Morgan fingerprint density at radius 3 is 2.15 bits per heavy atom. The van der Waals surface area contributed by atoms with Crippen LogP contribution in [-0.2, 0) is 0 Å². The first-order valence-electron chi connectivity index (χ1n) is 9.28. The van der Waals surface area contributed by atoms with Crippen LogP contribution >= 0.6 is 0 Å². The smallest absolute Gasteiger partial charge is 0.407 e. The summed E-state index contributed by atoms with van der Waals surface area (Å²) < 4.78 is 0. The molecule has 2 aliphatic rings. The lowest BCUT2D eigenvalue weighted by Crippen LogP contribution is -2.66. The van der Waals surface area contributed by atoms with Crippen LogP contribution in [0.2, 0.25) is 0 Å². The van der Waals surface area contributed by atoms with Gasteiger partial charge in [0.25, 0.3) is 0 Å². The Hall–Kier alpha value is -2.37. The van der Waals surface area contributed by atoms with E-state index in [1.165, 1.54) is 11.1 Å². The first-order chi connectivity index (χ1) is 12.7. The van der Waals surface area contributed by atoms with Gasteiger partial charge in [-0.15, -0.1) is 0 Å². The lowest BCUT2D eigenvalue weighted by Gasteiger charge is -2.50. The molecule has 5 heteroatoms. The van der Waals surface area contributed by atoms with E-state index in [-0.39, 0.29) is 12.0 Å². The average Bonchev–Trinajstić information content (AvgIpc) is 2.69. The molecular weight excluding hydrogens is 326 g/mol. The van der Waals surface area contributed by atoms with Crippen molar-refractivity contribution in [1.82, 2.24) is 15.1 Å². The third kappa shape index (κ3) is 3.32. The molecule has 136 valence electrons. The number of piperazine rings is 2. The molecular formula is C21H25N3O2. The number of hydrogen-bond donors (Lipinski definition) is 2. The van der Waals surface area contributed by atoms with Crippen LogP contribution in [0.4, 0.5) is 4.79 Å². The molecule has 0 aromatic heterocycles. The van der Waals surface area contributed by atoms with Gasteiger partial charge in [0, 0.05) is 50.7 Å². The Balaban J connectivity index is 1.66. The molecule has 2 aromatic carbocycles. The largest absolute Gasteiger partial charge is 0.465 e. The van der Waals surface area contributed by atoms with Crippen LogP contribution in [0.1, 0.15) is 17.0 Å². The normalized spacial score (nSPS) is 23.7. The highest BCUT2D eigenvalue weighted by molar-refractivity contribution is 5.65. The molecule has 2 N–H and O–H groups in total. The predicted molar refractivity (Wildman–Crippen MR) is 101 cm³/mol. The molecule has 2 unspecified atom stereocenters. The summed E-state index contributed by atoms with van der Waals surface area (Å²) in [4.78, 5) is 15.4. The molecule has 0 spiro atoms. The number of fused-ring (bicyclic) bond motifs is 1. The number of hydrogen-bond acceptors (Lipinski definition) is 3. The molecule has 0 aliphatic carbocycles. The standard InChI is InChI=1S/C21H25N3O2/c25-21(26)23-11-12-24-18(15-23)13-22-14-19(24)20(16-7-3-1-4-8-16)17-9-5-2-6-10-17/h1-10,18-20,22H,11-15H2,(H,25,26). The number of nitrogens with one attached hydrogen (secondary N) is 1. The number of nitrogens with zero attached hydrogens (tertiary/aromatic N) is 2. The Morgan fingerprint density at radius 1 is 0.962 bits per heavy atom. The van der Waals surface area contributed by atoms with Gasteiger partial charge in [-0.3, -0.25) is 4.90 Å². The van der Waals surface area contributed by atoms with E-state index >= 15 is 0 Å². The van der Waals surface area contributed by atoms with Gasteiger partial charge in [-0.2, -0.15) is 0 Å². The third-order valence-electron chi connectivity index (χ3n) is 5.66. The van der Waals surface area contributed by atoms with Gasteiger partial charge in [-0.1, -0.05) is 60.7 Å². The molecule has 2 saturated heterocycles. The highest BCUT2D eigenvalue weighted by Crippen LogP contribution is 2.33. The lowest BCUT2D eigenvalue weighted by molar-refractivity contribution is 0.0179. The molecule has 5 nitrogen and oxygen atoms in total. The summed E-state index contributed by atoms with van der Waals surface area (Å²) in [5, 5.41) is 12.9. The molecule has 2 atom stereocenters. The first-order valence-corrected chi connectivity index (χ1v) is 9.28. The SMILES string of the molecule is O=C(O)N1CCN2C(CNCC2C(c2ccccc2)c2ccccc2)C1. The van der Waals surface area contributed by atoms with Crippen molar-refractivity contribution in [3.63, 3.8) is 0 Å². The molecule has 26 heavy (non-hydrogen) atoms. The number of rotatable bonds is 3. The second kappa shape index (κ2) is 7.48. The maximum Gasteiger partial charge on any atom is 0.407 e. The lowest BCUT2D eigenvalue weighted by atomic mass is 9.82. The predicted octanol–water partition coefficient (Wildman–Crippen LogP) is 2.45. The van der Waals surface area contributed by atoms with E-state index in [1.807, 2.05) is 0 Å². The van der Waals surface area contributed by atoms with Crippen LogP contribution in [0.3, 0.4) is 0 Å². The summed E-state index contributed by atoms with van der Waals surface area (Å²) in [6, 6.07) is 21.9. The zero-order chi connectivity index (χ0) is 17.9. The minimum Gasteiger partial charge on any atom is -0.465 e. The second-order valence-corrected chi connectivity index (χ2v) is 7.14. The monoisotopic (exact) mass is 351 g/mol. The maximum atomic E-state index is 11.4. The summed E-state index contributed by atoms with van der Waals surface area (Å²) in [5.74, 6) is 0.268. The number of carboxylic acid groups (broad SMARTS) is 1. The Kier molecular flexibility index (Phi) is 4.91. The van der Waals surface area contributed by atoms with Crippen molar-refractivity contribution >= 4 is 6.09 Å². The van der Waals surface area contributed by atoms with Crippen LogP contribution in [0, 0.1) is 0 Å². The number of benzene rings is 2. The molecule has 1 amide bonds. The van der Waals surface area contributed by atoms with Crippen LogP contribution in [0.15, 0.2) is 60.7 Å². The highest BCUT2D eigenvalue weighted by atomic mass is 16.4. The Morgan fingerprint density at radius 2 is 1.58 bits per heavy atom. The van der Waals surface area contributed by atoms with Crippen molar-refractivity contribution in [1.29, 1.82) is 0 Å². The van der Waals surface area contributed by atoms with Gasteiger partial charge in [0.2, 0.25) is 0 Å². The van der Waals surface area contributed by atoms with Gasteiger partial charge in [0.1, 0.15) is 0 Å². The first kappa shape index (κ1) is 17.1. The van der Waals surface area contributed by atoms with Crippen LogP contribution < -0.4 is 5.32 Å². The van der Waals surface area contributed by atoms with E-state index in [4.69, 9.17) is 0 Å².